The lowest BCUT2D eigenvalue weighted by Crippen LogP contribution is -2.10. The van der Waals surface area contributed by atoms with Crippen molar-refractivity contribution in [1.82, 2.24) is 4.98 Å². The van der Waals surface area contributed by atoms with Crippen LogP contribution in [0.1, 0.15) is 26.2 Å². The van der Waals surface area contributed by atoms with Gasteiger partial charge in [-0.25, -0.2) is 4.98 Å². The maximum atomic E-state index is 11.6. The van der Waals surface area contributed by atoms with E-state index in [1.54, 1.807) is 6.07 Å². The van der Waals surface area contributed by atoms with Gasteiger partial charge in [0.25, 0.3) is 0 Å². The van der Waals surface area contributed by atoms with Crippen molar-refractivity contribution in [3.05, 3.63) is 20.1 Å². The molecule has 0 atom stereocenters. The molecule has 0 aliphatic rings. The number of thiazole rings is 1. The van der Waals surface area contributed by atoms with Crippen LogP contribution >= 0.6 is 45.9 Å². The number of carbonyl (C=O) groups is 1. The molecule has 1 N–H and O–H groups in total. The van der Waals surface area contributed by atoms with Gasteiger partial charge in [-0.05, 0) is 12.5 Å². The molecule has 1 amide bonds. The SMILES string of the molecule is CCCCC(=O)Nc1nc(-c2cc(Cl)sc2Cl)cs1. The number of unbranched alkanes of at least 4 members (excludes halogenated alkanes) is 1. The van der Waals surface area contributed by atoms with Crippen LogP contribution in [0.25, 0.3) is 11.3 Å². The Morgan fingerprint density at radius 2 is 2.26 bits per heavy atom. The molecular weight excluding hydrogens is 323 g/mol. The normalized spacial score (nSPS) is 10.7. The number of rotatable bonds is 5. The van der Waals surface area contributed by atoms with Gasteiger partial charge >= 0.3 is 0 Å². The van der Waals surface area contributed by atoms with Gasteiger partial charge in [-0.1, -0.05) is 36.5 Å². The molecule has 2 rings (SSSR count). The summed E-state index contributed by atoms with van der Waals surface area (Å²) in [6.45, 7) is 2.05. The summed E-state index contributed by atoms with van der Waals surface area (Å²) in [5.74, 6) is -0.00259. The molecule has 19 heavy (non-hydrogen) atoms. The van der Waals surface area contributed by atoms with Crippen molar-refractivity contribution in [2.24, 2.45) is 0 Å². The first-order valence-electron chi connectivity index (χ1n) is 5.80. The number of carbonyl (C=O) groups excluding carboxylic acids is 1. The van der Waals surface area contributed by atoms with Crippen molar-refractivity contribution in [2.75, 3.05) is 5.32 Å². The van der Waals surface area contributed by atoms with E-state index >= 15 is 0 Å². The summed E-state index contributed by atoms with van der Waals surface area (Å²) in [6.07, 6.45) is 2.41. The fraction of sp³-hybridized carbons (Fsp3) is 0.333. The Balaban J connectivity index is 2.07. The number of amides is 1. The van der Waals surface area contributed by atoms with Gasteiger partial charge in [-0.3, -0.25) is 4.79 Å². The van der Waals surface area contributed by atoms with Crippen LogP contribution in [-0.2, 0) is 4.79 Å². The van der Waals surface area contributed by atoms with Crippen LogP contribution in [0.3, 0.4) is 0 Å². The van der Waals surface area contributed by atoms with Crippen LogP contribution in [0.15, 0.2) is 11.4 Å². The van der Waals surface area contributed by atoms with Crippen LogP contribution in [-0.4, -0.2) is 10.9 Å². The molecular formula is C12H12Cl2N2OS2. The maximum Gasteiger partial charge on any atom is 0.226 e. The average molecular weight is 335 g/mol. The summed E-state index contributed by atoms with van der Waals surface area (Å²) < 4.78 is 1.24. The van der Waals surface area contributed by atoms with Crippen molar-refractivity contribution in [1.29, 1.82) is 0 Å². The second kappa shape index (κ2) is 6.70. The minimum atomic E-state index is -0.00259. The van der Waals surface area contributed by atoms with Gasteiger partial charge in [0.15, 0.2) is 5.13 Å². The smallest absolute Gasteiger partial charge is 0.226 e. The molecule has 0 aliphatic heterocycles. The standard InChI is InChI=1S/C12H12Cl2N2OS2/c1-2-3-4-10(17)16-12-15-8(6-18-12)7-5-9(13)19-11(7)14/h5-6H,2-4H2,1H3,(H,15,16,17). The zero-order valence-corrected chi connectivity index (χ0v) is 13.3. The molecule has 3 nitrogen and oxygen atoms in total. The maximum absolute atomic E-state index is 11.6. The second-order valence-corrected chi connectivity index (χ2v) is 7.07. The molecule has 0 aliphatic carbocycles. The van der Waals surface area contributed by atoms with Crippen LogP contribution in [0.5, 0.6) is 0 Å². The van der Waals surface area contributed by atoms with E-state index in [2.05, 4.69) is 17.2 Å². The third-order valence-electron chi connectivity index (χ3n) is 2.44. The molecule has 2 aromatic heterocycles. The van der Waals surface area contributed by atoms with Crippen molar-refractivity contribution < 1.29 is 4.79 Å². The van der Waals surface area contributed by atoms with Gasteiger partial charge in [0.1, 0.15) is 4.34 Å². The Bertz CT molecular complexity index is 580. The molecule has 0 aromatic carbocycles. The van der Waals surface area contributed by atoms with Crippen LogP contribution in [0, 0.1) is 0 Å². The van der Waals surface area contributed by atoms with Crippen LogP contribution in [0.2, 0.25) is 8.67 Å². The van der Waals surface area contributed by atoms with Gasteiger partial charge < -0.3 is 5.32 Å². The molecule has 0 saturated carbocycles. The number of anilines is 1. The number of halogens is 2. The predicted octanol–water partition coefficient (Wildman–Crippen LogP) is 5.31. The van der Waals surface area contributed by atoms with Gasteiger partial charge in [-0.2, -0.15) is 0 Å². The van der Waals surface area contributed by atoms with Gasteiger partial charge in [0.2, 0.25) is 5.91 Å². The molecule has 0 radical (unpaired) electrons. The van der Waals surface area contributed by atoms with Crippen molar-refractivity contribution >= 4 is 56.9 Å². The second-order valence-electron chi connectivity index (χ2n) is 3.93. The Labute approximate surface area is 129 Å². The van der Waals surface area contributed by atoms with Crippen LogP contribution < -0.4 is 5.32 Å². The number of aromatic nitrogens is 1. The summed E-state index contributed by atoms with van der Waals surface area (Å²) in [6, 6.07) is 1.78. The predicted molar refractivity (Wildman–Crippen MR) is 83.6 cm³/mol. The highest BCUT2D eigenvalue weighted by atomic mass is 35.5. The topological polar surface area (TPSA) is 42.0 Å². The van der Waals surface area contributed by atoms with Crippen LogP contribution in [0.4, 0.5) is 5.13 Å². The summed E-state index contributed by atoms with van der Waals surface area (Å²) in [7, 11) is 0. The average Bonchev–Trinajstić information content (AvgIpc) is 2.93. The third kappa shape index (κ3) is 3.92. The van der Waals surface area contributed by atoms with Gasteiger partial charge in [-0.15, -0.1) is 22.7 Å². The van der Waals surface area contributed by atoms with E-state index in [4.69, 9.17) is 23.2 Å². The first-order chi connectivity index (χ1) is 9.10. The van der Waals surface area contributed by atoms with E-state index < -0.39 is 0 Å². The molecule has 0 unspecified atom stereocenters. The number of nitrogens with zero attached hydrogens (tertiary/aromatic N) is 1. The lowest BCUT2D eigenvalue weighted by molar-refractivity contribution is -0.116. The molecule has 2 heterocycles. The Kier molecular flexibility index (Phi) is 5.21. The first-order valence-corrected chi connectivity index (χ1v) is 8.26. The quantitative estimate of drug-likeness (QED) is 0.805. The highest BCUT2D eigenvalue weighted by molar-refractivity contribution is 7.20. The zero-order chi connectivity index (χ0) is 13.8. The third-order valence-corrected chi connectivity index (χ3v) is 4.69. The number of hydrogen-bond acceptors (Lipinski definition) is 4. The summed E-state index contributed by atoms with van der Waals surface area (Å²) in [5, 5.41) is 5.24. The summed E-state index contributed by atoms with van der Waals surface area (Å²) in [4.78, 5) is 16.0. The number of nitrogens with one attached hydrogen (secondary N) is 1. The van der Waals surface area contributed by atoms with E-state index in [9.17, 15) is 4.79 Å². The van der Waals surface area contributed by atoms with E-state index in [0.29, 0.717) is 20.2 Å². The lowest BCUT2D eigenvalue weighted by atomic mass is 10.2. The zero-order valence-electron chi connectivity index (χ0n) is 10.2. The fourth-order valence-electron chi connectivity index (χ4n) is 1.49. The van der Waals surface area contributed by atoms with E-state index in [0.717, 1.165) is 24.1 Å². The monoisotopic (exact) mass is 334 g/mol. The van der Waals surface area contributed by atoms with Crippen molar-refractivity contribution in [3.63, 3.8) is 0 Å². The Hall–Kier alpha value is -0.620. The Morgan fingerprint density at radius 3 is 2.89 bits per heavy atom. The first kappa shape index (κ1) is 14.8. The molecule has 102 valence electrons. The highest BCUT2D eigenvalue weighted by Gasteiger charge is 2.13. The molecule has 0 fully saturated rings. The van der Waals surface area contributed by atoms with Crippen molar-refractivity contribution in [3.8, 4) is 11.3 Å². The van der Waals surface area contributed by atoms with Gasteiger partial charge in [0.05, 0.1) is 10.0 Å². The van der Waals surface area contributed by atoms with E-state index in [1.807, 2.05) is 5.38 Å². The number of hydrogen-bond donors (Lipinski definition) is 1. The fourth-order valence-corrected chi connectivity index (χ4v) is 3.70. The van der Waals surface area contributed by atoms with Gasteiger partial charge in [0, 0.05) is 17.4 Å². The Morgan fingerprint density at radius 1 is 1.47 bits per heavy atom. The molecule has 0 spiro atoms. The molecule has 7 heteroatoms. The minimum absolute atomic E-state index is 0.00259. The van der Waals surface area contributed by atoms with E-state index in [1.165, 1.54) is 22.7 Å². The van der Waals surface area contributed by atoms with Crippen molar-refractivity contribution in [2.45, 2.75) is 26.2 Å². The lowest BCUT2D eigenvalue weighted by Gasteiger charge is -1.99. The minimum Gasteiger partial charge on any atom is -0.302 e. The summed E-state index contributed by atoms with van der Waals surface area (Å²) >= 11 is 14.7. The van der Waals surface area contributed by atoms with E-state index in [-0.39, 0.29) is 5.91 Å². The highest BCUT2D eigenvalue weighted by Crippen LogP contribution is 2.38. The molecule has 2 aromatic rings. The largest absolute Gasteiger partial charge is 0.302 e. The number of thiophene rings is 1. The summed E-state index contributed by atoms with van der Waals surface area (Å²) in [5.41, 5.74) is 1.55. The molecule has 0 saturated heterocycles. The molecule has 0 bridgehead atoms.